The monoisotopic (exact) mass is 506 g/mol. The van der Waals surface area contributed by atoms with Crippen molar-refractivity contribution in [3.8, 4) is 0 Å². The number of rotatable bonds is 5. The number of amides is 1. The summed E-state index contributed by atoms with van der Waals surface area (Å²) in [5, 5.41) is 0.930. The number of carbonyl (C=O) groups excluding carboxylic acids is 2. The molecule has 2 aromatic carbocycles. The van der Waals surface area contributed by atoms with Gasteiger partial charge in [0.15, 0.2) is 10.6 Å². The number of aromatic nitrogens is 1. The van der Waals surface area contributed by atoms with Crippen molar-refractivity contribution < 1.29 is 18.7 Å². The van der Waals surface area contributed by atoms with E-state index < -0.39 is 17.9 Å². The molecule has 1 aliphatic heterocycles. The van der Waals surface area contributed by atoms with Crippen LogP contribution in [0.5, 0.6) is 0 Å². The number of benzene rings is 2. The van der Waals surface area contributed by atoms with Gasteiger partial charge in [-0.15, -0.1) is 0 Å². The summed E-state index contributed by atoms with van der Waals surface area (Å²) in [7, 11) is 0. The van der Waals surface area contributed by atoms with Gasteiger partial charge >= 0.3 is 5.97 Å². The minimum atomic E-state index is -0.791. The number of thiazole rings is 1. The first-order valence-electron chi connectivity index (χ1n) is 10.7. The van der Waals surface area contributed by atoms with Crippen molar-refractivity contribution in [3.05, 3.63) is 103 Å². The number of hydrogen-bond donors (Lipinski definition) is 0. The van der Waals surface area contributed by atoms with Gasteiger partial charge in [0, 0.05) is 5.02 Å². The highest BCUT2D eigenvalue weighted by Crippen LogP contribution is 2.43. The van der Waals surface area contributed by atoms with Crippen LogP contribution in [0.15, 0.2) is 64.3 Å². The SMILES string of the molecule is C=CCOC(=O)c1sc(N2C(=O)c3oc4ccc(Cl)cc4c(=O)c3C2c2ccc(C)cc2)nc1C. The number of fused-ring (bicyclic) bond motifs is 2. The van der Waals surface area contributed by atoms with E-state index in [0.717, 1.165) is 16.9 Å². The Labute approximate surface area is 209 Å². The van der Waals surface area contributed by atoms with E-state index in [9.17, 15) is 14.4 Å². The summed E-state index contributed by atoms with van der Waals surface area (Å²) in [4.78, 5) is 46.0. The Morgan fingerprint density at radius 1 is 1.23 bits per heavy atom. The maximum absolute atomic E-state index is 13.7. The third-order valence-electron chi connectivity index (χ3n) is 5.73. The van der Waals surface area contributed by atoms with E-state index in [1.54, 1.807) is 19.1 Å². The first-order valence-corrected chi connectivity index (χ1v) is 11.9. The first kappa shape index (κ1) is 23.0. The number of carbonyl (C=O) groups is 2. The molecule has 0 spiro atoms. The molecule has 0 saturated heterocycles. The van der Waals surface area contributed by atoms with Crippen LogP contribution in [0.3, 0.4) is 0 Å². The molecule has 0 aliphatic carbocycles. The van der Waals surface area contributed by atoms with E-state index in [-0.39, 0.29) is 44.3 Å². The summed E-state index contributed by atoms with van der Waals surface area (Å²) in [6.07, 6.45) is 1.47. The average molecular weight is 507 g/mol. The summed E-state index contributed by atoms with van der Waals surface area (Å²) in [5.41, 5.74) is 2.28. The largest absolute Gasteiger partial charge is 0.457 e. The van der Waals surface area contributed by atoms with Crippen LogP contribution < -0.4 is 10.3 Å². The molecule has 0 N–H and O–H groups in total. The zero-order valence-corrected chi connectivity index (χ0v) is 20.4. The Hall–Kier alpha value is -3.75. The van der Waals surface area contributed by atoms with Gasteiger partial charge in [0.2, 0.25) is 5.76 Å². The van der Waals surface area contributed by atoms with Crippen LogP contribution in [0.1, 0.15) is 48.7 Å². The summed E-state index contributed by atoms with van der Waals surface area (Å²) in [6.45, 7) is 7.21. The van der Waals surface area contributed by atoms with E-state index in [1.165, 1.54) is 17.0 Å². The lowest BCUT2D eigenvalue weighted by molar-refractivity contribution is 0.0554. The Kier molecular flexibility index (Phi) is 5.78. The Balaban J connectivity index is 1.72. The van der Waals surface area contributed by atoms with Gasteiger partial charge in [-0.1, -0.05) is 65.4 Å². The van der Waals surface area contributed by atoms with Crippen molar-refractivity contribution in [2.75, 3.05) is 11.5 Å². The highest BCUT2D eigenvalue weighted by atomic mass is 35.5. The van der Waals surface area contributed by atoms with Gasteiger partial charge in [0.1, 0.15) is 17.1 Å². The van der Waals surface area contributed by atoms with E-state index in [4.69, 9.17) is 20.8 Å². The second kappa shape index (κ2) is 8.79. The van der Waals surface area contributed by atoms with Crippen molar-refractivity contribution in [1.82, 2.24) is 4.98 Å². The smallest absolute Gasteiger partial charge is 0.350 e. The molecule has 1 amide bonds. The van der Waals surface area contributed by atoms with Crippen molar-refractivity contribution in [2.45, 2.75) is 19.9 Å². The van der Waals surface area contributed by atoms with Crippen LogP contribution >= 0.6 is 22.9 Å². The van der Waals surface area contributed by atoms with E-state index in [2.05, 4.69) is 11.6 Å². The molecule has 1 aliphatic rings. The van der Waals surface area contributed by atoms with E-state index >= 15 is 0 Å². The quantitative estimate of drug-likeness (QED) is 0.258. The Morgan fingerprint density at radius 3 is 2.69 bits per heavy atom. The minimum Gasteiger partial charge on any atom is -0.457 e. The van der Waals surface area contributed by atoms with Crippen LogP contribution in [0.2, 0.25) is 5.02 Å². The molecule has 1 atom stereocenters. The molecule has 0 bridgehead atoms. The van der Waals surface area contributed by atoms with Gasteiger partial charge in [-0.2, -0.15) is 0 Å². The lowest BCUT2D eigenvalue weighted by Crippen LogP contribution is -2.29. The van der Waals surface area contributed by atoms with Gasteiger partial charge in [-0.05, 0) is 37.6 Å². The molecule has 3 heterocycles. The van der Waals surface area contributed by atoms with Crippen molar-refractivity contribution in [2.24, 2.45) is 0 Å². The standard InChI is InChI=1S/C26H19ClN2O5S/c1-4-11-33-25(32)23-14(3)28-26(35-23)29-20(15-7-5-13(2)6-8-15)19-21(30)17-12-16(27)9-10-18(17)34-22(19)24(29)31/h4-10,12,20H,1,11H2,2-3H3. The third kappa shape index (κ3) is 3.84. The van der Waals surface area contributed by atoms with Gasteiger partial charge < -0.3 is 9.15 Å². The number of ether oxygens (including phenoxy) is 1. The first-order chi connectivity index (χ1) is 16.8. The number of esters is 1. The predicted molar refractivity (Wildman–Crippen MR) is 135 cm³/mol. The maximum atomic E-state index is 13.7. The highest BCUT2D eigenvalue weighted by molar-refractivity contribution is 7.17. The topological polar surface area (TPSA) is 89.7 Å². The molecule has 0 saturated carbocycles. The number of halogens is 1. The molecule has 5 rings (SSSR count). The summed E-state index contributed by atoms with van der Waals surface area (Å²) < 4.78 is 11.1. The summed E-state index contributed by atoms with van der Waals surface area (Å²) in [6, 6.07) is 11.4. The van der Waals surface area contributed by atoms with Gasteiger partial charge in [0.25, 0.3) is 5.91 Å². The van der Waals surface area contributed by atoms with Crippen LogP contribution in [-0.2, 0) is 4.74 Å². The molecule has 4 aromatic rings. The van der Waals surface area contributed by atoms with Crippen LogP contribution in [-0.4, -0.2) is 23.5 Å². The third-order valence-corrected chi connectivity index (χ3v) is 7.11. The van der Waals surface area contributed by atoms with Crippen LogP contribution in [0.25, 0.3) is 11.0 Å². The number of anilines is 1. The van der Waals surface area contributed by atoms with Gasteiger partial charge in [-0.25, -0.2) is 9.78 Å². The van der Waals surface area contributed by atoms with Gasteiger partial charge in [0.05, 0.1) is 22.7 Å². The fourth-order valence-electron chi connectivity index (χ4n) is 4.08. The van der Waals surface area contributed by atoms with Crippen molar-refractivity contribution in [3.63, 3.8) is 0 Å². The lowest BCUT2D eigenvalue weighted by atomic mass is 9.98. The lowest BCUT2D eigenvalue weighted by Gasteiger charge is -2.22. The molecular formula is C26H19ClN2O5S. The average Bonchev–Trinajstić information content (AvgIpc) is 3.36. The molecule has 7 nitrogen and oxygen atoms in total. The minimum absolute atomic E-state index is 0.0547. The zero-order chi connectivity index (χ0) is 24.9. The fourth-order valence-corrected chi connectivity index (χ4v) is 5.24. The van der Waals surface area contributed by atoms with Crippen molar-refractivity contribution >= 4 is 50.9 Å². The summed E-state index contributed by atoms with van der Waals surface area (Å²) in [5.74, 6) is -1.13. The molecule has 9 heteroatoms. The Bertz CT molecular complexity index is 1570. The second-order valence-electron chi connectivity index (χ2n) is 8.10. The second-order valence-corrected chi connectivity index (χ2v) is 9.51. The van der Waals surface area contributed by atoms with Crippen LogP contribution in [0, 0.1) is 13.8 Å². The molecule has 0 radical (unpaired) electrons. The number of aryl methyl sites for hydroxylation is 2. The summed E-state index contributed by atoms with van der Waals surface area (Å²) >= 11 is 7.16. The molecular weight excluding hydrogens is 488 g/mol. The Morgan fingerprint density at radius 2 is 1.97 bits per heavy atom. The van der Waals surface area contributed by atoms with E-state index in [1.807, 2.05) is 31.2 Å². The van der Waals surface area contributed by atoms with Crippen molar-refractivity contribution in [1.29, 1.82) is 0 Å². The van der Waals surface area contributed by atoms with Gasteiger partial charge in [-0.3, -0.25) is 14.5 Å². The molecule has 1 unspecified atom stereocenters. The zero-order valence-electron chi connectivity index (χ0n) is 18.8. The fraction of sp³-hybridized carbons (Fsp3) is 0.154. The molecule has 176 valence electrons. The van der Waals surface area contributed by atoms with E-state index in [0.29, 0.717) is 16.3 Å². The molecule has 0 fully saturated rings. The maximum Gasteiger partial charge on any atom is 0.350 e. The highest BCUT2D eigenvalue weighted by Gasteiger charge is 2.45. The molecule has 35 heavy (non-hydrogen) atoms. The predicted octanol–water partition coefficient (Wildman–Crippen LogP) is 5.61. The van der Waals surface area contributed by atoms with Crippen LogP contribution in [0.4, 0.5) is 5.13 Å². The number of hydrogen-bond acceptors (Lipinski definition) is 7. The normalized spacial score (nSPS) is 14.9. The molecule has 2 aromatic heterocycles. The number of nitrogens with zero attached hydrogens (tertiary/aromatic N) is 2.